The van der Waals surface area contributed by atoms with Crippen molar-refractivity contribution in [2.75, 3.05) is 6.54 Å². The summed E-state index contributed by atoms with van der Waals surface area (Å²) in [6.45, 7) is 6.18. The third-order valence-corrected chi connectivity index (χ3v) is 6.06. The lowest BCUT2D eigenvalue weighted by atomic mass is 9.94. The van der Waals surface area contributed by atoms with Crippen LogP contribution >= 0.6 is 0 Å². The highest BCUT2D eigenvalue weighted by Gasteiger charge is 2.29. The minimum Gasteiger partial charge on any atom is -0.392 e. The SMILES string of the molecule is CCNC(=O)c1c(-c2ccccc2)c(-c2ccc(F)cc2)c(C=CC(O)CC(O)CC(=O)O[NH3+])n1C(C)C. The molecular formula is C29H35FN3O5+. The molecule has 0 spiro atoms. The molecule has 0 saturated carbocycles. The molecule has 2 aromatic carbocycles. The van der Waals surface area contributed by atoms with Crippen LogP contribution in [0.2, 0.25) is 0 Å². The lowest BCUT2D eigenvalue weighted by molar-refractivity contribution is -0.657. The molecule has 2 unspecified atom stereocenters. The first-order chi connectivity index (χ1) is 18.2. The summed E-state index contributed by atoms with van der Waals surface area (Å²) in [5, 5.41) is 23.7. The number of halogens is 1. The van der Waals surface area contributed by atoms with Gasteiger partial charge in [0.05, 0.1) is 18.6 Å². The van der Waals surface area contributed by atoms with E-state index >= 15 is 0 Å². The third kappa shape index (κ3) is 6.74. The van der Waals surface area contributed by atoms with Crippen molar-refractivity contribution < 1.29 is 34.9 Å². The summed E-state index contributed by atoms with van der Waals surface area (Å²) in [6.07, 6.45) is 0.600. The van der Waals surface area contributed by atoms with Gasteiger partial charge in [0, 0.05) is 35.8 Å². The second kappa shape index (κ2) is 13.1. The van der Waals surface area contributed by atoms with Crippen LogP contribution in [0, 0.1) is 5.82 Å². The molecule has 1 heterocycles. The Balaban J connectivity index is 2.25. The van der Waals surface area contributed by atoms with Gasteiger partial charge in [0.15, 0.2) is 0 Å². The Morgan fingerprint density at radius 1 is 1.05 bits per heavy atom. The number of carbonyl (C=O) groups excluding carboxylic acids is 2. The van der Waals surface area contributed by atoms with Gasteiger partial charge in [0.25, 0.3) is 5.91 Å². The van der Waals surface area contributed by atoms with Gasteiger partial charge < -0.3 is 20.1 Å². The van der Waals surface area contributed by atoms with E-state index in [1.165, 1.54) is 18.2 Å². The van der Waals surface area contributed by atoms with Crippen molar-refractivity contribution in [1.29, 1.82) is 0 Å². The highest BCUT2D eigenvalue weighted by molar-refractivity contribution is 6.06. The van der Waals surface area contributed by atoms with Crippen LogP contribution in [0.1, 0.15) is 55.8 Å². The van der Waals surface area contributed by atoms with E-state index < -0.39 is 18.2 Å². The van der Waals surface area contributed by atoms with Crippen molar-refractivity contribution in [2.24, 2.45) is 0 Å². The third-order valence-electron chi connectivity index (χ3n) is 6.06. The van der Waals surface area contributed by atoms with Gasteiger partial charge in [-0.15, -0.1) is 0 Å². The fourth-order valence-electron chi connectivity index (χ4n) is 4.46. The van der Waals surface area contributed by atoms with E-state index in [1.807, 2.05) is 55.7 Å². The topological polar surface area (TPSA) is 128 Å². The number of aliphatic hydroxyl groups is 2. The molecule has 3 rings (SSSR count). The second-order valence-corrected chi connectivity index (χ2v) is 9.22. The smallest absolute Gasteiger partial charge is 0.368 e. The van der Waals surface area contributed by atoms with E-state index in [4.69, 9.17) is 0 Å². The van der Waals surface area contributed by atoms with Crippen molar-refractivity contribution in [3.63, 3.8) is 0 Å². The maximum absolute atomic E-state index is 13.9. The summed E-state index contributed by atoms with van der Waals surface area (Å²) < 4.78 is 15.8. The predicted octanol–water partition coefficient (Wildman–Crippen LogP) is 3.51. The average Bonchev–Trinajstić information content (AvgIpc) is 3.24. The first kappa shape index (κ1) is 28.8. The summed E-state index contributed by atoms with van der Waals surface area (Å²) in [5.74, 6) is 1.71. The summed E-state index contributed by atoms with van der Waals surface area (Å²) in [4.78, 5) is 29.2. The Kier molecular flexibility index (Phi) is 9.95. The Morgan fingerprint density at radius 3 is 2.26 bits per heavy atom. The van der Waals surface area contributed by atoms with Crippen LogP contribution in [0.4, 0.5) is 4.39 Å². The first-order valence-electron chi connectivity index (χ1n) is 12.5. The van der Waals surface area contributed by atoms with Crippen molar-refractivity contribution in [3.05, 3.63) is 77.9 Å². The fourth-order valence-corrected chi connectivity index (χ4v) is 4.46. The zero-order valence-electron chi connectivity index (χ0n) is 21.9. The number of hydrogen-bond acceptors (Lipinski definition) is 5. The second-order valence-electron chi connectivity index (χ2n) is 9.22. The van der Waals surface area contributed by atoms with Crippen LogP contribution in [0.5, 0.6) is 0 Å². The molecule has 8 nitrogen and oxygen atoms in total. The predicted molar refractivity (Wildman–Crippen MR) is 143 cm³/mol. The number of amides is 1. The van der Waals surface area contributed by atoms with E-state index in [2.05, 4.69) is 16.1 Å². The molecule has 0 radical (unpaired) electrons. The quantitative estimate of drug-likeness (QED) is 0.286. The van der Waals surface area contributed by atoms with Crippen LogP contribution in [0.25, 0.3) is 28.3 Å². The summed E-state index contributed by atoms with van der Waals surface area (Å²) in [6, 6.07) is 15.4. The highest BCUT2D eigenvalue weighted by atomic mass is 19.1. The monoisotopic (exact) mass is 524 g/mol. The molecule has 38 heavy (non-hydrogen) atoms. The molecule has 1 aromatic heterocycles. The summed E-state index contributed by atoms with van der Waals surface area (Å²) >= 11 is 0. The lowest BCUT2D eigenvalue weighted by Gasteiger charge is -2.17. The Morgan fingerprint density at radius 2 is 1.68 bits per heavy atom. The minimum atomic E-state index is -1.12. The number of aromatic nitrogens is 1. The van der Waals surface area contributed by atoms with Crippen LogP contribution in [0.15, 0.2) is 60.7 Å². The van der Waals surface area contributed by atoms with Crippen molar-refractivity contribution >= 4 is 18.0 Å². The maximum Gasteiger partial charge on any atom is 0.368 e. The number of quaternary nitrogens is 1. The Bertz CT molecular complexity index is 1270. The fraction of sp³-hybridized carbons (Fsp3) is 0.310. The molecule has 1 amide bonds. The zero-order chi connectivity index (χ0) is 27.8. The molecule has 0 fully saturated rings. The summed E-state index contributed by atoms with van der Waals surface area (Å²) in [5.41, 5.74) is 3.98. The van der Waals surface area contributed by atoms with E-state index in [-0.39, 0.29) is 30.6 Å². The molecule has 0 aliphatic carbocycles. The van der Waals surface area contributed by atoms with Crippen LogP contribution < -0.4 is 11.2 Å². The molecule has 0 bridgehead atoms. The number of nitrogens with one attached hydrogen (secondary N) is 1. The van der Waals surface area contributed by atoms with Gasteiger partial charge >= 0.3 is 5.97 Å². The van der Waals surface area contributed by atoms with Crippen molar-refractivity contribution in [2.45, 2.75) is 51.9 Å². The van der Waals surface area contributed by atoms with Gasteiger partial charge in [-0.3, -0.25) is 9.63 Å². The first-order valence-corrected chi connectivity index (χ1v) is 12.5. The largest absolute Gasteiger partial charge is 0.392 e. The van der Waals surface area contributed by atoms with Crippen LogP contribution in [-0.4, -0.2) is 45.4 Å². The molecule has 3 aromatic rings. The van der Waals surface area contributed by atoms with Gasteiger partial charge in [0.2, 0.25) is 0 Å². The number of rotatable bonds is 11. The number of hydrogen-bond donors (Lipinski definition) is 4. The standard InChI is InChI=1S/C29H34FN3O5/c1-4-32-29(37)28-27(19-8-6-5-7-9-19)26(20-10-12-21(30)13-11-20)24(33(28)18(2)3)15-14-22(34)16-23(35)17-25(36)38-31/h5-15,18,22-23,34-35H,4,16-17H2,1-3,31H3/p+1. The summed E-state index contributed by atoms with van der Waals surface area (Å²) in [7, 11) is 0. The lowest BCUT2D eigenvalue weighted by Crippen LogP contribution is -2.51. The zero-order valence-corrected chi connectivity index (χ0v) is 21.9. The van der Waals surface area contributed by atoms with Crippen molar-refractivity contribution in [1.82, 2.24) is 9.88 Å². The van der Waals surface area contributed by atoms with E-state index in [1.54, 1.807) is 18.2 Å². The molecular weight excluding hydrogens is 489 g/mol. The Hall–Kier alpha value is -3.79. The molecule has 0 aliphatic rings. The minimum absolute atomic E-state index is 0.103. The van der Waals surface area contributed by atoms with E-state index in [0.29, 0.717) is 34.6 Å². The van der Waals surface area contributed by atoms with Gasteiger partial charge in [-0.05, 0) is 50.1 Å². The van der Waals surface area contributed by atoms with Gasteiger partial charge in [-0.1, -0.05) is 48.5 Å². The van der Waals surface area contributed by atoms with Gasteiger partial charge in [-0.2, -0.15) is 5.90 Å². The van der Waals surface area contributed by atoms with Crippen molar-refractivity contribution in [3.8, 4) is 22.3 Å². The average molecular weight is 525 g/mol. The highest BCUT2D eigenvalue weighted by Crippen LogP contribution is 2.42. The molecule has 9 heteroatoms. The van der Waals surface area contributed by atoms with E-state index in [9.17, 15) is 24.2 Å². The number of aliphatic hydroxyl groups excluding tert-OH is 2. The normalized spacial score (nSPS) is 13.1. The Labute approximate surface area is 221 Å². The molecule has 202 valence electrons. The van der Waals surface area contributed by atoms with Gasteiger partial charge in [-0.25, -0.2) is 9.18 Å². The number of benzene rings is 2. The van der Waals surface area contributed by atoms with Gasteiger partial charge in [0.1, 0.15) is 11.5 Å². The maximum atomic E-state index is 13.9. The molecule has 2 atom stereocenters. The number of nitrogens with zero attached hydrogens (tertiary/aromatic N) is 1. The molecule has 6 N–H and O–H groups in total. The van der Waals surface area contributed by atoms with E-state index in [0.717, 1.165) is 5.56 Å². The number of carbonyl (C=O) groups is 2. The molecule has 0 aliphatic heterocycles. The van der Waals surface area contributed by atoms with Crippen LogP contribution in [-0.2, 0) is 9.63 Å². The molecule has 0 saturated heterocycles. The van der Waals surface area contributed by atoms with Crippen LogP contribution in [0.3, 0.4) is 0 Å².